The molecule has 0 spiro atoms. The fraction of sp³-hybridized carbons (Fsp3) is 0.200. The van der Waals surface area contributed by atoms with E-state index in [-0.39, 0.29) is 5.78 Å². The maximum Gasteiger partial charge on any atom is 0.170 e. The molecule has 1 aromatic rings. The number of benzene rings is 1. The molecule has 0 saturated carbocycles. The summed E-state index contributed by atoms with van der Waals surface area (Å²) in [7, 11) is 1.58. The average molecular weight is 175 g/mol. The first-order chi connectivity index (χ1) is 6.31. The van der Waals surface area contributed by atoms with Crippen molar-refractivity contribution in [1.29, 1.82) is 0 Å². The van der Waals surface area contributed by atoms with Gasteiger partial charge in [-0.25, -0.2) is 0 Å². The van der Waals surface area contributed by atoms with Gasteiger partial charge in [0.2, 0.25) is 0 Å². The van der Waals surface area contributed by atoms with Crippen LogP contribution in [0.25, 0.3) is 0 Å². The van der Waals surface area contributed by atoms with E-state index in [0.29, 0.717) is 17.7 Å². The third kappa shape index (κ3) is 1.33. The van der Waals surface area contributed by atoms with Gasteiger partial charge in [-0.1, -0.05) is 0 Å². The van der Waals surface area contributed by atoms with Crippen LogP contribution in [-0.2, 0) is 0 Å². The Morgan fingerprint density at radius 2 is 2.31 bits per heavy atom. The van der Waals surface area contributed by atoms with Crippen LogP contribution < -0.4 is 4.74 Å². The van der Waals surface area contributed by atoms with Gasteiger partial charge in [-0.2, -0.15) is 0 Å². The van der Waals surface area contributed by atoms with Crippen molar-refractivity contribution < 1.29 is 9.53 Å². The molecule has 2 rings (SSSR count). The molecule has 1 aliphatic heterocycles. The number of fused-ring (bicyclic) bond motifs is 1. The molecule has 3 heteroatoms. The summed E-state index contributed by atoms with van der Waals surface area (Å²) < 4.78 is 5.02. The van der Waals surface area contributed by atoms with Crippen LogP contribution in [0, 0.1) is 0 Å². The molecule has 0 radical (unpaired) electrons. The van der Waals surface area contributed by atoms with Crippen LogP contribution in [0.1, 0.15) is 16.8 Å². The molecule has 1 aromatic carbocycles. The number of ketones is 1. The fourth-order valence-corrected chi connectivity index (χ4v) is 1.31. The highest BCUT2D eigenvalue weighted by Gasteiger charge is 2.14. The van der Waals surface area contributed by atoms with E-state index < -0.39 is 0 Å². The number of hydrogen-bond donors (Lipinski definition) is 0. The van der Waals surface area contributed by atoms with Gasteiger partial charge in [0.15, 0.2) is 5.78 Å². The van der Waals surface area contributed by atoms with Crippen molar-refractivity contribution in [3.05, 3.63) is 23.8 Å². The normalized spacial score (nSPS) is 14.1. The third-order valence-electron chi connectivity index (χ3n) is 2.01. The monoisotopic (exact) mass is 175 g/mol. The van der Waals surface area contributed by atoms with Gasteiger partial charge in [0.25, 0.3) is 0 Å². The number of Topliss-reactive ketones (excluding diaryl/α,β-unsaturated/α-hetero) is 1. The summed E-state index contributed by atoms with van der Waals surface area (Å²) >= 11 is 0. The molecule has 3 nitrogen and oxygen atoms in total. The van der Waals surface area contributed by atoms with Gasteiger partial charge in [0.05, 0.1) is 12.8 Å². The van der Waals surface area contributed by atoms with Crippen LogP contribution in [0.2, 0.25) is 0 Å². The lowest BCUT2D eigenvalue weighted by molar-refractivity contribution is 0.100. The summed E-state index contributed by atoms with van der Waals surface area (Å²) in [5, 5.41) is 0. The van der Waals surface area contributed by atoms with E-state index in [1.807, 2.05) is 0 Å². The minimum atomic E-state index is 0.101. The molecule has 0 N–H and O–H groups in total. The van der Waals surface area contributed by atoms with Crippen molar-refractivity contribution >= 4 is 17.7 Å². The van der Waals surface area contributed by atoms with E-state index in [2.05, 4.69) is 4.99 Å². The Hall–Kier alpha value is -1.64. The van der Waals surface area contributed by atoms with Crippen molar-refractivity contribution in [3.8, 4) is 5.75 Å². The van der Waals surface area contributed by atoms with Crippen LogP contribution >= 0.6 is 0 Å². The maximum absolute atomic E-state index is 11.4. The predicted octanol–water partition coefficient (Wildman–Crippen LogP) is 1.98. The van der Waals surface area contributed by atoms with Crippen molar-refractivity contribution in [1.82, 2.24) is 0 Å². The molecule has 0 fully saturated rings. The molecule has 13 heavy (non-hydrogen) atoms. The lowest BCUT2D eigenvalue weighted by Gasteiger charge is -2.09. The number of carbonyl (C=O) groups excluding carboxylic acids is 1. The molecule has 0 atom stereocenters. The number of methoxy groups -OCH3 is 1. The molecular formula is C10H9NO2. The Morgan fingerprint density at radius 3 is 3.08 bits per heavy atom. The molecule has 0 aromatic heterocycles. The number of aliphatic imine (C=N–C) groups is 1. The smallest absolute Gasteiger partial charge is 0.170 e. The van der Waals surface area contributed by atoms with E-state index in [4.69, 9.17) is 4.74 Å². The molecule has 0 aliphatic carbocycles. The molecule has 0 amide bonds. The topological polar surface area (TPSA) is 38.7 Å². The number of ether oxygens (including phenoxy) is 1. The highest BCUT2D eigenvalue weighted by molar-refractivity contribution is 6.10. The summed E-state index contributed by atoms with van der Waals surface area (Å²) in [5.41, 5.74) is 1.39. The van der Waals surface area contributed by atoms with Gasteiger partial charge in [0, 0.05) is 18.2 Å². The highest BCUT2D eigenvalue weighted by atomic mass is 16.5. The minimum absolute atomic E-state index is 0.101. The van der Waals surface area contributed by atoms with Crippen LogP contribution in [0.5, 0.6) is 5.75 Å². The lowest BCUT2D eigenvalue weighted by atomic mass is 10.0. The van der Waals surface area contributed by atoms with Crippen LogP contribution in [0.3, 0.4) is 0 Å². The second kappa shape index (κ2) is 3.01. The van der Waals surface area contributed by atoms with E-state index in [9.17, 15) is 4.79 Å². The van der Waals surface area contributed by atoms with E-state index >= 15 is 0 Å². The molecule has 0 saturated heterocycles. The molecule has 1 heterocycles. The Labute approximate surface area is 76.1 Å². The first kappa shape index (κ1) is 7.98. The Bertz CT molecular complexity index is 383. The van der Waals surface area contributed by atoms with Crippen LogP contribution in [-0.4, -0.2) is 19.1 Å². The number of rotatable bonds is 1. The standard InChI is InChI=1S/C10H9NO2/c1-13-7-2-3-9-8(6-7)10(12)4-5-11-9/h2-3,5-6H,4H2,1H3. The predicted molar refractivity (Wildman–Crippen MR) is 50.1 cm³/mol. The summed E-state index contributed by atoms with van der Waals surface area (Å²) in [6, 6.07) is 5.32. The average Bonchev–Trinajstić information content (AvgIpc) is 2.18. The van der Waals surface area contributed by atoms with Crippen LogP contribution in [0.4, 0.5) is 5.69 Å². The van der Waals surface area contributed by atoms with Crippen molar-refractivity contribution in [2.75, 3.05) is 7.11 Å². The molecular weight excluding hydrogens is 166 g/mol. The molecule has 0 unspecified atom stereocenters. The van der Waals surface area contributed by atoms with Gasteiger partial charge >= 0.3 is 0 Å². The van der Waals surface area contributed by atoms with Gasteiger partial charge < -0.3 is 4.74 Å². The van der Waals surface area contributed by atoms with E-state index in [1.165, 1.54) is 0 Å². The largest absolute Gasteiger partial charge is 0.497 e. The quantitative estimate of drug-likeness (QED) is 0.654. The zero-order chi connectivity index (χ0) is 9.26. The molecule has 1 aliphatic rings. The number of nitrogens with zero attached hydrogens (tertiary/aromatic N) is 1. The first-order valence-electron chi connectivity index (χ1n) is 4.05. The third-order valence-corrected chi connectivity index (χ3v) is 2.01. The van der Waals surface area contributed by atoms with E-state index in [0.717, 1.165) is 5.69 Å². The molecule has 66 valence electrons. The minimum Gasteiger partial charge on any atom is -0.497 e. The summed E-state index contributed by atoms with van der Waals surface area (Å²) in [6.45, 7) is 0. The summed E-state index contributed by atoms with van der Waals surface area (Å²) in [5.74, 6) is 0.799. The molecule has 0 bridgehead atoms. The number of carbonyl (C=O) groups is 1. The Balaban J connectivity index is 2.54. The zero-order valence-electron chi connectivity index (χ0n) is 7.28. The SMILES string of the molecule is COc1ccc2c(c1)C(=O)CC=N2. The highest BCUT2D eigenvalue weighted by Crippen LogP contribution is 2.27. The fourth-order valence-electron chi connectivity index (χ4n) is 1.31. The van der Waals surface area contributed by atoms with Crippen molar-refractivity contribution in [3.63, 3.8) is 0 Å². The second-order valence-corrected chi connectivity index (χ2v) is 2.82. The first-order valence-corrected chi connectivity index (χ1v) is 4.05. The summed E-state index contributed by atoms with van der Waals surface area (Å²) in [4.78, 5) is 15.5. The van der Waals surface area contributed by atoms with Crippen molar-refractivity contribution in [2.24, 2.45) is 4.99 Å². The maximum atomic E-state index is 11.4. The van der Waals surface area contributed by atoms with Gasteiger partial charge in [-0.05, 0) is 18.2 Å². The lowest BCUT2D eigenvalue weighted by Crippen LogP contribution is -2.04. The van der Waals surface area contributed by atoms with Crippen molar-refractivity contribution in [2.45, 2.75) is 6.42 Å². The number of hydrogen-bond acceptors (Lipinski definition) is 3. The van der Waals surface area contributed by atoms with Gasteiger partial charge in [-0.3, -0.25) is 9.79 Å². The van der Waals surface area contributed by atoms with E-state index in [1.54, 1.807) is 31.5 Å². The van der Waals surface area contributed by atoms with Gasteiger partial charge in [0.1, 0.15) is 5.75 Å². The zero-order valence-corrected chi connectivity index (χ0v) is 7.28. The van der Waals surface area contributed by atoms with Gasteiger partial charge in [-0.15, -0.1) is 0 Å². The summed E-state index contributed by atoms with van der Waals surface area (Å²) in [6.07, 6.45) is 2.03. The Morgan fingerprint density at radius 1 is 1.46 bits per heavy atom. The second-order valence-electron chi connectivity index (χ2n) is 2.82. The Kier molecular flexibility index (Phi) is 1.85. The van der Waals surface area contributed by atoms with Crippen LogP contribution in [0.15, 0.2) is 23.2 Å².